The smallest absolute Gasteiger partial charge is 0.311 e. The summed E-state index contributed by atoms with van der Waals surface area (Å²) in [5.41, 5.74) is 0.210. The van der Waals surface area contributed by atoms with Gasteiger partial charge in [-0.25, -0.2) is 4.98 Å². The third kappa shape index (κ3) is 4.89. The van der Waals surface area contributed by atoms with Crippen LogP contribution in [-0.4, -0.2) is 52.2 Å². The summed E-state index contributed by atoms with van der Waals surface area (Å²) >= 11 is 5.92. The highest BCUT2D eigenvalue weighted by atomic mass is 35.5. The first-order chi connectivity index (χ1) is 12.9. The van der Waals surface area contributed by atoms with Gasteiger partial charge in [-0.05, 0) is 58.4 Å². The van der Waals surface area contributed by atoms with Gasteiger partial charge >= 0.3 is 5.69 Å². The van der Waals surface area contributed by atoms with Gasteiger partial charge in [0, 0.05) is 37.3 Å². The maximum atomic E-state index is 11.2. The van der Waals surface area contributed by atoms with Crippen LogP contribution in [0.25, 0.3) is 0 Å². The van der Waals surface area contributed by atoms with Gasteiger partial charge in [0.05, 0.1) is 11.0 Å². The SMILES string of the molecule is CCO[C@H]1CC[C@](C)(N2CCC(Nc3nc(Cl)ccc3[N+](=O)[O-])CC2)CC1. The van der Waals surface area contributed by atoms with E-state index in [1.54, 1.807) is 0 Å². The summed E-state index contributed by atoms with van der Waals surface area (Å²) in [5.74, 6) is 0.273. The Kier molecular flexibility index (Phi) is 6.55. The van der Waals surface area contributed by atoms with E-state index in [0.29, 0.717) is 6.10 Å². The first kappa shape index (κ1) is 20.3. The van der Waals surface area contributed by atoms with Crippen LogP contribution in [0.2, 0.25) is 5.15 Å². The van der Waals surface area contributed by atoms with Gasteiger partial charge in [0.25, 0.3) is 0 Å². The fraction of sp³-hybridized carbons (Fsp3) is 0.737. The Morgan fingerprint density at radius 1 is 1.33 bits per heavy atom. The normalized spacial score (nSPS) is 27.4. The highest BCUT2D eigenvalue weighted by Crippen LogP contribution is 2.36. The van der Waals surface area contributed by atoms with Gasteiger partial charge in [0.15, 0.2) is 0 Å². The molecule has 1 saturated heterocycles. The molecule has 1 saturated carbocycles. The highest BCUT2D eigenvalue weighted by molar-refractivity contribution is 6.29. The Morgan fingerprint density at radius 2 is 2.00 bits per heavy atom. The quantitative estimate of drug-likeness (QED) is 0.439. The van der Waals surface area contributed by atoms with E-state index < -0.39 is 4.92 Å². The molecule has 1 aromatic heterocycles. The zero-order chi connectivity index (χ0) is 19.4. The van der Waals surface area contributed by atoms with Gasteiger partial charge in [-0.3, -0.25) is 15.0 Å². The van der Waals surface area contributed by atoms with Crippen LogP contribution in [-0.2, 0) is 4.74 Å². The first-order valence-corrected chi connectivity index (χ1v) is 10.2. The van der Waals surface area contributed by atoms with Gasteiger partial charge in [0.2, 0.25) is 5.82 Å². The number of nitro groups is 1. The number of pyridine rings is 1. The molecule has 1 aliphatic heterocycles. The van der Waals surface area contributed by atoms with Crippen LogP contribution in [0.4, 0.5) is 11.5 Å². The van der Waals surface area contributed by atoms with Crippen molar-refractivity contribution in [3.05, 3.63) is 27.4 Å². The molecular weight excluding hydrogens is 368 g/mol. The lowest BCUT2D eigenvalue weighted by Crippen LogP contribution is -2.53. The molecule has 1 aliphatic carbocycles. The van der Waals surface area contributed by atoms with Crippen molar-refractivity contribution >= 4 is 23.1 Å². The molecule has 0 unspecified atom stereocenters. The van der Waals surface area contributed by atoms with Crippen LogP contribution in [0.15, 0.2) is 12.1 Å². The first-order valence-electron chi connectivity index (χ1n) is 9.85. The van der Waals surface area contributed by atoms with Crippen LogP contribution in [0.5, 0.6) is 0 Å². The standard InChI is InChI=1S/C19H29ClN4O3/c1-3-27-15-6-10-19(2,11-7-15)23-12-8-14(9-13-23)21-18-16(24(25)26)4-5-17(20)22-18/h4-5,14-15H,3,6-13H2,1-2H3,(H,21,22)/t15-,19-. The zero-order valence-electron chi connectivity index (χ0n) is 16.1. The highest BCUT2D eigenvalue weighted by Gasteiger charge is 2.38. The van der Waals surface area contributed by atoms with Crippen molar-refractivity contribution in [2.45, 2.75) is 70.1 Å². The number of hydrogen-bond acceptors (Lipinski definition) is 6. The molecule has 27 heavy (non-hydrogen) atoms. The molecule has 150 valence electrons. The number of rotatable bonds is 6. The number of ether oxygens (including phenoxy) is 1. The molecule has 0 amide bonds. The second-order valence-corrected chi connectivity index (χ2v) is 8.20. The monoisotopic (exact) mass is 396 g/mol. The number of aromatic nitrogens is 1. The minimum atomic E-state index is -0.418. The molecule has 3 rings (SSSR count). The Morgan fingerprint density at radius 3 is 2.59 bits per heavy atom. The van der Waals surface area contributed by atoms with Crippen molar-refractivity contribution in [3.8, 4) is 0 Å². The fourth-order valence-electron chi connectivity index (χ4n) is 4.37. The van der Waals surface area contributed by atoms with E-state index in [0.717, 1.165) is 58.2 Å². The zero-order valence-corrected chi connectivity index (χ0v) is 16.9. The summed E-state index contributed by atoms with van der Waals surface area (Å²) in [6, 6.07) is 3.03. The third-order valence-corrected chi connectivity index (χ3v) is 6.26. The average molecular weight is 397 g/mol. The number of nitrogens with zero attached hydrogens (tertiary/aromatic N) is 3. The van der Waals surface area contributed by atoms with Crippen molar-refractivity contribution in [1.29, 1.82) is 0 Å². The summed E-state index contributed by atoms with van der Waals surface area (Å²) in [7, 11) is 0. The van der Waals surface area contributed by atoms with Crippen LogP contribution in [0, 0.1) is 10.1 Å². The summed E-state index contributed by atoms with van der Waals surface area (Å²) < 4.78 is 5.79. The van der Waals surface area contributed by atoms with E-state index in [1.807, 2.05) is 0 Å². The van der Waals surface area contributed by atoms with Gasteiger partial charge in [0.1, 0.15) is 5.15 Å². The van der Waals surface area contributed by atoms with E-state index in [2.05, 4.69) is 29.0 Å². The summed E-state index contributed by atoms with van der Waals surface area (Å²) in [6.45, 7) is 7.20. The van der Waals surface area contributed by atoms with E-state index in [9.17, 15) is 10.1 Å². The van der Waals surface area contributed by atoms with Crippen LogP contribution in [0.1, 0.15) is 52.4 Å². The summed E-state index contributed by atoms with van der Waals surface area (Å²) in [5, 5.41) is 14.7. The largest absolute Gasteiger partial charge is 0.379 e. The maximum Gasteiger partial charge on any atom is 0.311 e. The van der Waals surface area contributed by atoms with Crippen molar-refractivity contribution in [3.63, 3.8) is 0 Å². The lowest BCUT2D eigenvalue weighted by Gasteiger charge is -2.48. The third-order valence-electron chi connectivity index (χ3n) is 6.05. The molecule has 0 spiro atoms. The molecule has 0 atom stereocenters. The van der Waals surface area contributed by atoms with Gasteiger partial charge in [-0.2, -0.15) is 0 Å². The maximum absolute atomic E-state index is 11.2. The van der Waals surface area contributed by atoms with Gasteiger partial charge < -0.3 is 10.1 Å². The van der Waals surface area contributed by atoms with E-state index >= 15 is 0 Å². The number of piperidine rings is 1. The molecular formula is C19H29ClN4O3. The van der Waals surface area contributed by atoms with Crippen molar-refractivity contribution in [1.82, 2.24) is 9.88 Å². The molecule has 8 heteroatoms. The lowest BCUT2D eigenvalue weighted by atomic mass is 9.79. The van der Waals surface area contributed by atoms with Crippen LogP contribution in [0.3, 0.4) is 0 Å². The molecule has 0 aromatic carbocycles. The Balaban J connectivity index is 1.55. The second-order valence-electron chi connectivity index (χ2n) is 7.82. The molecule has 1 aromatic rings. The predicted molar refractivity (Wildman–Crippen MR) is 106 cm³/mol. The topological polar surface area (TPSA) is 80.5 Å². The number of hydrogen-bond donors (Lipinski definition) is 1. The Bertz CT molecular complexity index is 656. The number of likely N-dealkylation sites (tertiary alicyclic amines) is 1. The molecule has 2 aliphatic rings. The summed E-state index contributed by atoms with van der Waals surface area (Å²) in [4.78, 5) is 17.5. The number of nitrogens with one attached hydrogen (secondary N) is 1. The van der Waals surface area contributed by atoms with E-state index in [4.69, 9.17) is 16.3 Å². The lowest BCUT2D eigenvalue weighted by molar-refractivity contribution is -0.384. The van der Waals surface area contributed by atoms with Gasteiger partial charge in [-0.1, -0.05) is 11.6 Å². The minimum absolute atomic E-state index is 0.0250. The molecule has 2 heterocycles. The molecule has 0 bridgehead atoms. The van der Waals surface area contributed by atoms with Crippen molar-refractivity contribution < 1.29 is 9.66 Å². The molecule has 0 radical (unpaired) electrons. The number of anilines is 1. The van der Waals surface area contributed by atoms with E-state index in [1.165, 1.54) is 12.1 Å². The molecule has 7 nitrogen and oxygen atoms in total. The van der Waals surface area contributed by atoms with Crippen molar-refractivity contribution in [2.24, 2.45) is 0 Å². The fourth-order valence-corrected chi connectivity index (χ4v) is 4.52. The van der Waals surface area contributed by atoms with Crippen LogP contribution < -0.4 is 5.32 Å². The minimum Gasteiger partial charge on any atom is -0.379 e. The van der Waals surface area contributed by atoms with E-state index in [-0.39, 0.29) is 28.2 Å². The molecule has 2 fully saturated rings. The Labute approximate surface area is 165 Å². The predicted octanol–water partition coefficient (Wildman–Crippen LogP) is 4.26. The van der Waals surface area contributed by atoms with Crippen LogP contribution >= 0.6 is 11.6 Å². The second kappa shape index (κ2) is 8.71. The van der Waals surface area contributed by atoms with Crippen molar-refractivity contribution in [2.75, 3.05) is 25.0 Å². The average Bonchev–Trinajstić information content (AvgIpc) is 2.64. The molecule has 1 N–H and O–H groups in total. The van der Waals surface area contributed by atoms with Gasteiger partial charge in [-0.15, -0.1) is 0 Å². The number of halogens is 1. The summed E-state index contributed by atoms with van der Waals surface area (Å²) in [6.07, 6.45) is 6.87. The Hall–Kier alpha value is -1.44.